The van der Waals surface area contributed by atoms with Crippen LogP contribution in [0.3, 0.4) is 0 Å². The zero-order valence-corrected chi connectivity index (χ0v) is 9.86. The molecule has 13 heavy (non-hydrogen) atoms. The van der Waals surface area contributed by atoms with Crippen LogP contribution in [0.2, 0.25) is 0 Å². The normalized spacial score (nSPS) is 20.7. The Balaban J connectivity index is 2.47. The van der Waals surface area contributed by atoms with Crippen molar-refractivity contribution >= 4 is 31.9 Å². The van der Waals surface area contributed by atoms with Gasteiger partial charge in [-0.25, -0.2) is 4.39 Å². The van der Waals surface area contributed by atoms with Gasteiger partial charge in [0.15, 0.2) is 0 Å². The van der Waals surface area contributed by atoms with Crippen molar-refractivity contribution in [3.05, 3.63) is 26.6 Å². The van der Waals surface area contributed by atoms with Gasteiger partial charge in [0.05, 0.1) is 4.47 Å². The molecule has 4 heteroatoms. The predicted molar refractivity (Wildman–Crippen MR) is 55.9 cm³/mol. The number of rotatable bonds is 0. The van der Waals surface area contributed by atoms with Crippen LogP contribution >= 0.6 is 31.9 Å². The van der Waals surface area contributed by atoms with Crippen molar-refractivity contribution in [2.24, 2.45) is 0 Å². The fourth-order valence-electron chi connectivity index (χ4n) is 1.40. The Morgan fingerprint density at radius 3 is 2.92 bits per heavy atom. The van der Waals surface area contributed by atoms with Crippen LogP contribution in [0, 0.1) is 0 Å². The maximum Gasteiger partial charge on any atom is 0.138 e. The first-order chi connectivity index (χ1) is 6.16. The fraction of sp³-hybridized carbons (Fsp3) is 0.333. The van der Waals surface area contributed by atoms with E-state index in [1.807, 2.05) is 12.1 Å². The standard InChI is InChI=1S/C9H7Br2FO/c10-6-1-5-2-7(12)4-13-9(5)8(11)3-6/h1,3,7H,2,4H2. The van der Waals surface area contributed by atoms with Crippen molar-refractivity contribution in [2.75, 3.05) is 6.61 Å². The van der Waals surface area contributed by atoms with Crippen LogP contribution in [0.4, 0.5) is 4.39 Å². The summed E-state index contributed by atoms with van der Waals surface area (Å²) < 4.78 is 20.1. The minimum Gasteiger partial charge on any atom is -0.489 e. The van der Waals surface area contributed by atoms with Crippen LogP contribution in [0.1, 0.15) is 5.56 Å². The molecule has 1 aromatic rings. The molecule has 1 aliphatic rings. The Labute approximate surface area is 92.5 Å². The molecule has 0 bridgehead atoms. The van der Waals surface area contributed by atoms with Crippen molar-refractivity contribution in [1.82, 2.24) is 0 Å². The van der Waals surface area contributed by atoms with Crippen molar-refractivity contribution in [3.63, 3.8) is 0 Å². The minimum absolute atomic E-state index is 0.160. The van der Waals surface area contributed by atoms with Crippen molar-refractivity contribution in [3.8, 4) is 5.75 Å². The summed E-state index contributed by atoms with van der Waals surface area (Å²) in [6, 6.07) is 3.79. The van der Waals surface area contributed by atoms with Gasteiger partial charge < -0.3 is 4.74 Å². The molecule has 2 rings (SSSR count). The number of hydrogen-bond donors (Lipinski definition) is 0. The fourth-order valence-corrected chi connectivity index (χ4v) is 2.83. The van der Waals surface area contributed by atoms with Gasteiger partial charge in [-0.15, -0.1) is 0 Å². The van der Waals surface area contributed by atoms with E-state index >= 15 is 0 Å². The number of fused-ring (bicyclic) bond motifs is 1. The van der Waals surface area contributed by atoms with Crippen molar-refractivity contribution < 1.29 is 9.13 Å². The predicted octanol–water partition coefficient (Wildman–Crippen LogP) is 3.48. The lowest BCUT2D eigenvalue weighted by Gasteiger charge is -2.21. The second-order valence-electron chi connectivity index (χ2n) is 2.99. The van der Waals surface area contributed by atoms with Crippen LogP contribution < -0.4 is 4.74 Å². The first-order valence-electron chi connectivity index (χ1n) is 3.91. The van der Waals surface area contributed by atoms with Gasteiger partial charge in [0, 0.05) is 10.9 Å². The van der Waals surface area contributed by atoms with Gasteiger partial charge in [-0.05, 0) is 33.6 Å². The average molecular weight is 310 g/mol. The molecular weight excluding hydrogens is 303 g/mol. The summed E-state index contributed by atoms with van der Waals surface area (Å²) in [6.07, 6.45) is -0.443. The first kappa shape index (κ1) is 9.46. The molecule has 1 nitrogen and oxygen atoms in total. The summed E-state index contributed by atoms with van der Waals surface area (Å²) in [5.41, 5.74) is 0.917. The van der Waals surface area contributed by atoms with Gasteiger partial charge in [0.2, 0.25) is 0 Å². The Bertz CT molecular complexity index is 341. The third kappa shape index (κ3) is 1.89. The van der Waals surface area contributed by atoms with E-state index in [0.29, 0.717) is 6.42 Å². The van der Waals surface area contributed by atoms with Gasteiger partial charge in [0.1, 0.15) is 18.5 Å². The third-order valence-electron chi connectivity index (χ3n) is 1.94. The molecule has 1 unspecified atom stereocenters. The molecule has 0 amide bonds. The van der Waals surface area contributed by atoms with Crippen molar-refractivity contribution in [2.45, 2.75) is 12.6 Å². The molecule has 1 aromatic carbocycles. The highest BCUT2D eigenvalue weighted by Gasteiger charge is 2.21. The lowest BCUT2D eigenvalue weighted by atomic mass is 10.1. The van der Waals surface area contributed by atoms with E-state index in [9.17, 15) is 4.39 Å². The number of benzene rings is 1. The van der Waals surface area contributed by atoms with E-state index in [2.05, 4.69) is 31.9 Å². The summed E-state index contributed by atoms with van der Waals surface area (Å²) in [5, 5.41) is 0. The summed E-state index contributed by atoms with van der Waals surface area (Å²) in [7, 11) is 0. The van der Waals surface area contributed by atoms with E-state index in [0.717, 1.165) is 20.3 Å². The zero-order chi connectivity index (χ0) is 9.42. The third-order valence-corrected chi connectivity index (χ3v) is 2.98. The van der Waals surface area contributed by atoms with Gasteiger partial charge in [-0.2, -0.15) is 0 Å². The van der Waals surface area contributed by atoms with E-state index in [-0.39, 0.29) is 6.61 Å². The van der Waals surface area contributed by atoms with E-state index in [4.69, 9.17) is 4.74 Å². The van der Waals surface area contributed by atoms with Crippen LogP contribution in [-0.4, -0.2) is 12.8 Å². The smallest absolute Gasteiger partial charge is 0.138 e. The molecule has 0 aliphatic carbocycles. The monoisotopic (exact) mass is 308 g/mol. The van der Waals surface area contributed by atoms with Crippen LogP contribution in [0.5, 0.6) is 5.75 Å². The van der Waals surface area contributed by atoms with Crippen molar-refractivity contribution in [1.29, 1.82) is 0 Å². The second-order valence-corrected chi connectivity index (χ2v) is 4.76. The maximum atomic E-state index is 13.0. The molecule has 70 valence electrons. The zero-order valence-electron chi connectivity index (χ0n) is 6.69. The number of alkyl halides is 1. The lowest BCUT2D eigenvalue weighted by Crippen LogP contribution is -2.21. The Kier molecular flexibility index (Phi) is 2.60. The SMILES string of the molecule is FC1COc2c(Br)cc(Br)cc2C1. The molecule has 1 aliphatic heterocycles. The number of hydrogen-bond acceptors (Lipinski definition) is 1. The van der Waals surface area contributed by atoms with Gasteiger partial charge >= 0.3 is 0 Å². The topological polar surface area (TPSA) is 9.23 Å². The second kappa shape index (κ2) is 3.58. The molecular formula is C9H7Br2FO. The van der Waals surface area contributed by atoms with Gasteiger partial charge in [-0.1, -0.05) is 15.9 Å². The number of ether oxygens (including phenoxy) is 1. The molecule has 1 heterocycles. The highest BCUT2D eigenvalue weighted by Crippen LogP contribution is 2.36. The van der Waals surface area contributed by atoms with E-state index in [1.165, 1.54) is 0 Å². The molecule has 0 fully saturated rings. The minimum atomic E-state index is -0.881. The van der Waals surface area contributed by atoms with Crippen LogP contribution in [0.25, 0.3) is 0 Å². The van der Waals surface area contributed by atoms with Crippen LogP contribution in [-0.2, 0) is 6.42 Å². The quantitative estimate of drug-likeness (QED) is 0.713. The molecule has 0 aromatic heterocycles. The molecule has 0 saturated heterocycles. The molecule has 0 N–H and O–H groups in total. The maximum absolute atomic E-state index is 13.0. The first-order valence-corrected chi connectivity index (χ1v) is 5.50. The Morgan fingerprint density at radius 1 is 1.38 bits per heavy atom. The molecule has 0 spiro atoms. The summed E-state index contributed by atoms with van der Waals surface area (Å²) in [6.45, 7) is 0.160. The van der Waals surface area contributed by atoms with E-state index in [1.54, 1.807) is 0 Å². The highest BCUT2D eigenvalue weighted by atomic mass is 79.9. The Hall–Kier alpha value is -0.0900. The lowest BCUT2D eigenvalue weighted by molar-refractivity contribution is 0.172. The summed E-state index contributed by atoms with van der Waals surface area (Å²) in [5.74, 6) is 0.775. The van der Waals surface area contributed by atoms with E-state index < -0.39 is 6.17 Å². The van der Waals surface area contributed by atoms with Gasteiger partial charge in [0.25, 0.3) is 0 Å². The highest BCUT2D eigenvalue weighted by molar-refractivity contribution is 9.11. The summed E-state index contributed by atoms with van der Waals surface area (Å²) >= 11 is 6.73. The molecule has 0 saturated carbocycles. The molecule has 1 atom stereocenters. The average Bonchev–Trinajstić information content (AvgIpc) is 2.02. The number of halogens is 3. The molecule has 0 radical (unpaired) electrons. The largest absolute Gasteiger partial charge is 0.489 e. The van der Waals surface area contributed by atoms with Gasteiger partial charge in [-0.3, -0.25) is 0 Å². The van der Waals surface area contributed by atoms with Crippen LogP contribution in [0.15, 0.2) is 21.1 Å². The Morgan fingerprint density at radius 2 is 2.15 bits per heavy atom. The summed E-state index contributed by atoms with van der Waals surface area (Å²) in [4.78, 5) is 0.